The maximum absolute atomic E-state index is 14.1. The first-order chi connectivity index (χ1) is 10.0. The largest absolute Gasteiger partial charge is 0.463 e. The molecular weight excluding hydrogens is 274 g/mol. The Morgan fingerprint density at radius 3 is 2.43 bits per heavy atom. The van der Waals surface area contributed by atoms with Crippen molar-refractivity contribution in [3.63, 3.8) is 0 Å². The Bertz CT molecular complexity index is 655. The molecule has 0 spiro atoms. The molecule has 0 radical (unpaired) electrons. The Labute approximate surface area is 122 Å². The van der Waals surface area contributed by atoms with Gasteiger partial charge in [-0.25, -0.2) is 8.78 Å². The number of rotatable bonds is 5. The number of aryl methyl sites for hydroxylation is 1. The molecule has 2 nitrogen and oxygen atoms in total. The van der Waals surface area contributed by atoms with E-state index < -0.39 is 11.6 Å². The summed E-state index contributed by atoms with van der Waals surface area (Å²) < 4.78 is 33.1. The number of hydrogen-bond donors (Lipinski definition) is 0. The van der Waals surface area contributed by atoms with E-state index in [2.05, 4.69) is 0 Å². The van der Waals surface area contributed by atoms with Crippen LogP contribution < -0.4 is 0 Å². The predicted molar refractivity (Wildman–Crippen MR) is 77.2 cm³/mol. The van der Waals surface area contributed by atoms with E-state index in [0.717, 1.165) is 0 Å². The SMILES string of the molecule is CCC(CC)C(=O)c1ccoc1-c1ccc(C)c(F)c1F. The average Bonchev–Trinajstić information content (AvgIpc) is 2.95. The third-order valence-electron chi connectivity index (χ3n) is 3.81. The van der Waals surface area contributed by atoms with Gasteiger partial charge in [0.05, 0.1) is 17.4 Å². The zero-order valence-corrected chi connectivity index (χ0v) is 12.4. The van der Waals surface area contributed by atoms with Gasteiger partial charge in [0, 0.05) is 5.92 Å². The van der Waals surface area contributed by atoms with Gasteiger partial charge in [0.2, 0.25) is 0 Å². The topological polar surface area (TPSA) is 30.2 Å². The summed E-state index contributed by atoms with van der Waals surface area (Å²) in [5.41, 5.74) is 0.513. The first-order valence-corrected chi connectivity index (χ1v) is 7.07. The van der Waals surface area contributed by atoms with Gasteiger partial charge in [0.25, 0.3) is 0 Å². The molecule has 0 fully saturated rings. The van der Waals surface area contributed by atoms with E-state index >= 15 is 0 Å². The summed E-state index contributed by atoms with van der Waals surface area (Å²) in [5.74, 6) is -2.03. The maximum Gasteiger partial charge on any atom is 0.170 e. The van der Waals surface area contributed by atoms with Crippen LogP contribution in [-0.2, 0) is 0 Å². The summed E-state index contributed by atoms with van der Waals surface area (Å²) in [6, 6.07) is 4.44. The highest BCUT2D eigenvalue weighted by Crippen LogP contribution is 2.32. The number of carbonyl (C=O) groups excluding carboxylic acids is 1. The molecule has 1 aromatic heterocycles. The third kappa shape index (κ3) is 2.75. The molecule has 0 saturated heterocycles. The minimum atomic E-state index is -0.983. The average molecular weight is 292 g/mol. The van der Waals surface area contributed by atoms with Crippen LogP contribution in [0, 0.1) is 24.5 Å². The molecule has 2 aromatic rings. The molecule has 4 heteroatoms. The second-order valence-corrected chi connectivity index (χ2v) is 5.10. The molecule has 112 valence electrons. The van der Waals surface area contributed by atoms with Crippen LogP contribution >= 0.6 is 0 Å². The lowest BCUT2D eigenvalue weighted by atomic mass is 9.92. The van der Waals surface area contributed by atoms with E-state index in [1.165, 1.54) is 31.4 Å². The Hall–Kier alpha value is -1.97. The minimum Gasteiger partial charge on any atom is -0.463 e. The lowest BCUT2D eigenvalue weighted by molar-refractivity contribution is 0.0913. The number of Topliss-reactive ketones (excluding diaryl/α,β-unsaturated/α-hetero) is 1. The summed E-state index contributed by atoms with van der Waals surface area (Å²) in [4.78, 5) is 12.4. The monoisotopic (exact) mass is 292 g/mol. The molecule has 0 atom stereocenters. The molecule has 0 bridgehead atoms. The number of carbonyl (C=O) groups is 1. The van der Waals surface area contributed by atoms with Crippen LogP contribution in [0.15, 0.2) is 28.9 Å². The van der Waals surface area contributed by atoms with Gasteiger partial charge in [-0.15, -0.1) is 0 Å². The van der Waals surface area contributed by atoms with Gasteiger partial charge >= 0.3 is 0 Å². The van der Waals surface area contributed by atoms with Crippen molar-refractivity contribution in [2.75, 3.05) is 0 Å². The van der Waals surface area contributed by atoms with Crippen LogP contribution in [0.25, 0.3) is 11.3 Å². The van der Waals surface area contributed by atoms with Crippen LogP contribution in [0.2, 0.25) is 0 Å². The molecule has 0 aliphatic rings. The summed E-state index contributed by atoms with van der Waals surface area (Å²) in [5, 5.41) is 0. The second kappa shape index (κ2) is 6.20. The minimum absolute atomic E-state index is 0.0163. The summed E-state index contributed by atoms with van der Waals surface area (Å²) in [6.07, 6.45) is 2.73. The van der Waals surface area contributed by atoms with E-state index in [1.807, 2.05) is 13.8 Å². The fourth-order valence-corrected chi connectivity index (χ4v) is 2.41. The van der Waals surface area contributed by atoms with E-state index in [1.54, 1.807) is 0 Å². The standard InChI is InChI=1S/C17H18F2O2/c1-4-11(5-2)16(20)13-8-9-21-17(13)12-7-6-10(3)14(18)15(12)19/h6-9,11H,4-5H2,1-3H3. The van der Waals surface area contributed by atoms with Gasteiger partial charge in [-0.1, -0.05) is 19.9 Å². The maximum atomic E-state index is 14.1. The van der Waals surface area contributed by atoms with Crippen molar-refractivity contribution in [3.05, 3.63) is 47.2 Å². The van der Waals surface area contributed by atoms with Gasteiger partial charge in [-0.2, -0.15) is 0 Å². The molecule has 0 saturated carbocycles. The molecule has 21 heavy (non-hydrogen) atoms. The number of benzene rings is 1. The fraction of sp³-hybridized carbons (Fsp3) is 0.353. The Balaban J connectivity index is 2.51. The van der Waals surface area contributed by atoms with E-state index in [9.17, 15) is 13.6 Å². The Morgan fingerprint density at radius 1 is 1.14 bits per heavy atom. The number of hydrogen-bond acceptors (Lipinski definition) is 2. The first-order valence-electron chi connectivity index (χ1n) is 7.07. The van der Waals surface area contributed by atoms with Gasteiger partial charge in [0.15, 0.2) is 17.4 Å². The van der Waals surface area contributed by atoms with E-state index in [-0.39, 0.29) is 28.6 Å². The van der Waals surface area contributed by atoms with Crippen LogP contribution in [0.5, 0.6) is 0 Å². The zero-order chi connectivity index (χ0) is 15.6. The molecule has 0 unspecified atom stereocenters. The highest BCUT2D eigenvalue weighted by molar-refractivity contribution is 6.02. The molecule has 1 heterocycles. The van der Waals surface area contributed by atoms with Crippen molar-refractivity contribution in [1.82, 2.24) is 0 Å². The lowest BCUT2D eigenvalue weighted by Crippen LogP contribution is -2.13. The molecule has 0 amide bonds. The van der Waals surface area contributed by atoms with Gasteiger partial charge < -0.3 is 4.42 Å². The predicted octanol–water partition coefficient (Wildman–Crippen LogP) is 5.15. The number of ketones is 1. The van der Waals surface area contributed by atoms with Gasteiger partial charge in [0.1, 0.15) is 5.76 Å². The van der Waals surface area contributed by atoms with Crippen molar-refractivity contribution in [1.29, 1.82) is 0 Å². The lowest BCUT2D eigenvalue weighted by Gasteiger charge is -2.11. The van der Waals surface area contributed by atoms with Crippen molar-refractivity contribution >= 4 is 5.78 Å². The summed E-state index contributed by atoms with van der Waals surface area (Å²) in [7, 11) is 0. The number of furan rings is 1. The van der Waals surface area contributed by atoms with Gasteiger partial charge in [-0.05, 0) is 37.5 Å². The summed E-state index contributed by atoms with van der Waals surface area (Å²) >= 11 is 0. The Kier molecular flexibility index (Phi) is 4.56. The van der Waals surface area contributed by atoms with Crippen molar-refractivity contribution < 1.29 is 18.0 Å². The molecule has 0 aliphatic carbocycles. The second-order valence-electron chi connectivity index (χ2n) is 5.10. The summed E-state index contributed by atoms with van der Waals surface area (Å²) in [6.45, 7) is 5.34. The van der Waals surface area contributed by atoms with Crippen LogP contribution in [0.4, 0.5) is 8.78 Å². The highest BCUT2D eigenvalue weighted by Gasteiger charge is 2.25. The third-order valence-corrected chi connectivity index (χ3v) is 3.81. The van der Waals surface area contributed by atoms with Crippen molar-refractivity contribution in [2.24, 2.45) is 5.92 Å². The van der Waals surface area contributed by atoms with Crippen molar-refractivity contribution in [3.8, 4) is 11.3 Å². The van der Waals surface area contributed by atoms with Crippen LogP contribution in [0.3, 0.4) is 0 Å². The first kappa shape index (κ1) is 15.4. The molecular formula is C17H18F2O2. The molecule has 0 aliphatic heterocycles. The normalized spacial score (nSPS) is 11.1. The highest BCUT2D eigenvalue weighted by atomic mass is 19.2. The molecule has 1 aromatic carbocycles. The van der Waals surface area contributed by atoms with E-state index in [0.29, 0.717) is 18.4 Å². The fourth-order valence-electron chi connectivity index (χ4n) is 2.41. The van der Waals surface area contributed by atoms with Crippen LogP contribution in [0.1, 0.15) is 42.6 Å². The molecule has 0 N–H and O–H groups in total. The Morgan fingerprint density at radius 2 is 1.81 bits per heavy atom. The molecule has 2 rings (SSSR count). The quantitative estimate of drug-likeness (QED) is 0.713. The zero-order valence-electron chi connectivity index (χ0n) is 12.4. The van der Waals surface area contributed by atoms with Crippen molar-refractivity contribution in [2.45, 2.75) is 33.6 Å². The smallest absolute Gasteiger partial charge is 0.170 e. The van der Waals surface area contributed by atoms with Crippen LogP contribution in [-0.4, -0.2) is 5.78 Å². The van der Waals surface area contributed by atoms with E-state index in [4.69, 9.17) is 4.42 Å². The number of halogens is 2. The van der Waals surface area contributed by atoms with Gasteiger partial charge in [-0.3, -0.25) is 4.79 Å².